The summed E-state index contributed by atoms with van der Waals surface area (Å²) in [5.41, 5.74) is 6.60. The molecule has 10 heteroatoms. The number of nitrogens with two attached hydrogens (primary N) is 1. The number of esters is 3. The summed E-state index contributed by atoms with van der Waals surface area (Å²) in [6, 6.07) is 6.33. The van der Waals surface area contributed by atoms with E-state index in [1.165, 1.54) is 7.11 Å². The van der Waals surface area contributed by atoms with Gasteiger partial charge < -0.3 is 34.5 Å². The zero-order chi connectivity index (χ0) is 21.8. The largest absolute Gasteiger partial charge is 0.456 e. The van der Waals surface area contributed by atoms with Crippen molar-refractivity contribution < 1.29 is 43.2 Å². The Hall–Kier alpha value is -2.69. The second kappa shape index (κ2) is 9.21. The number of hydrogen-bond acceptors (Lipinski definition) is 10. The Balaban J connectivity index is 2.66. The molecule has 0 amide bonds. The van der Waals surface area contributed by atoms with Gasteiger partial charge in [0.15, 0.2) is 12.2 Å². The minimum atomic E-state index is -1.77. The van der Waals surface area contributed by atoms with Gasteiger partial charge in [0.2, 0.25) is 11.9 Å². The van der Waals surface area contributed by atoms with Crippen molar-refractivity contribution in [3.05, 3.63) is 29.8 Å². The van der Waals surface area contributed by atoms with Crippen LogP contribution in [0.2, 0.25) is 0 Å². The Morgan fingerprint density at radius 3 is 1.97 bits per heavy atom. The van der Waals surface area contributed by atoms with Crippen LogP contribution in [0.1, 0.15) is 26.3 Å². The number of aliphatic hydroxyl groups excluding tert-OH is 1. The first-order valence-corrected chi connectivity index (χ1v) is 8.86. The zero-order valence-electron chi connectivity index (χ0n) is 16.6. The van der Waals surface area contributed by atoms with Crippen LogP contribution in [0.4, 0.5) is 5.69 Å². The lowest BCUT2D eigenvalue weighted by Gasteiger charge is -2.50. The van der Waals surface area contributed by atoms with Gasteiger partial charge >= 0.3 is 17.9 Å². The third-order valence-electron chi connectivity index (χ3n) is 4.38. The molecule has 1 saturated heterocycles. The van der Waals surface area contributed by atoms with Crippen molar-refractivity contribution in [2.75, 3.05) is 19.5 Å². The molecule has 1 aliphatic heterocycles. The normalized spacial score (nSPS) is 29.0. The smallest absolute Gasteiger partial charge is 0.303 e. The summed E-state index contributed by atoms with van der Waals surface area (Å²) < 4.78 is 27.6. The number of aliphatic hydroxyl groups is 1. The van der Waals surface area contributed by atoms with Gasteiger partial charge in [0.25, 0.3) is 0 Å². The molecule has 0 aliphatic carbocycles. The summed E-state index contributed by atoms with van der Waals surface area (Å²) in [5, 5.41) is 9.87. The molecule has 1 heterocycles. The molecular formula is C19H25NO9. The summed E-state index contributed by atoms with van der Waals surface area (Å²) in [6.07, 6.45) is -5.07. The lowest BCUT2D eigenvalue weighted by atomic mass is 9.87. The van der Waals surface area contributed by atoms with E-state index in [0.717, 1.165) is 20.8 Å². The highest BCUT2D eigenvalue weighted by Gasteiger charge is 2.61. The third kappa shape index (κ3) is 4.84. The highest BCUT2D eigenvalue weighted by molar-refractivity contribution is 5.68. The number of carbonyl (C=O) groups is 3. The molecule has 1 aliphatic rings. The first-order chi connectivity index (χ1) is 13.6. The van der Waals surface area contributed by atoms with E-state index in [0.29, 0.717) is 11.3 Å². The van der Waals surface area contributed by atoms with Crippen molar-refractivity contribution >= 4 is 23.6 Å². The van der Waals surface area contributed by atoms with Gasteiger partial charge in [-0.05, 0) is 12.1 Å². The molecule has 0 bridgehead atoms. The number of ether oxygens (including phenoxy) is 5. The molecule has 1 fully saturated rings. The molecule has 0 radical (unpaired) electrons. The molecule has 1 aromatic rings. The van der Waals surface area contributed by atoms with Crippen molar-refractivity contribution in [3.8, 4) is 0 Å². The van der Waals surface area contributed by atoms with E-state index >= 15 is 0 Å². The third-order valence-corrected chi connectivity index (χ3v) is 4.38. The van der Waals surface area contributed by atoms with Crippen LogP contribution in [-0.2, 0) is 43.9 Å². The minimum absolute atomic E-state index is 0.386. The van der Waals surface area contributed by atoms with Gasteiger partial charge in [-0.2, -0.15) is 0 Å². The van der Waals surface area contributed by atoms with E-state index in [2.05, 4.69) is 0 Å². The van der Waals surface area contributed by atoms with Crippen LogP contribution in [0.15, 0.2) is 24.3 Å². The van der Waals surface area contributed by atoms with E-state index in [1.54, 1.807) is 24.3 Å². The SMILES string of the molecule is CO[C@]1(c2ccc(N)cc2)O[C@H](CO)[C@@H](OC(C)=O)[C@H](OC(C)=O)[C@H]1OC(C)=O. The molecule has 0 aromatic heterocycles. The predicted octanol–water partition coefficient (Wildman–Crippen LogP) is 0.254. The van der Waals surface area contributed by atoms with Crippen molar-refractivity contribution in [2.45, 2.75) is 51.0 Å². The van der Waals surface area contributed by atoms with Crippen LogP contribution in [0, 0.1) is 0 Å². The Morgan fingerprint density at radius 2 is 1.52 bits per heavy atom. The van der Waals surface area contributed by atoms with Gasteiger partial charge in [-0.3, -0.25) is 14.4 Å². The number of nitrogen functional groups attached to an aromatic ring is 1. The molecule has 0 unspecified atom stereocenters. The number of carbonyl (C=O) groups excluding carboxylic acids is 3. The Morgan fingerprint density at radius 1 is 1.00 bits per heavy atom. The van der Waals surface area contributed by atoms with Gasteiger partial charge in [0.05, 0.1) is 6.61 Å². The number of hydrogen-bond donors (Lipinski definition) is 2. The molecule has 29 heavy (non-hydrogen) atoms. The lowest BCUT2D eigenvalue weighted by molar-refractivity contribution is -0.367. The molecule has 160 valence electrons. The van der Waals surface area contributed by atoms with E-state index in [-0.39, 0.29) is 0 Å². The molecular weight excluding hydrogens is 386 g/mol. The van der Waals surface area contributed by atoms with Gasteiger partial charge in [-0.15, -0.1) is 0 Å². The molecule has 0 saturated carbocycles. The van der Waals surface area contributed by atoms with Crippen molar-refractivity contribution in [2.24, 2.45) is 0 Å². The summed E-state index contributed by atoms with van der Waals surface area (Å²) in [6.45, 7) is 2.87. The number of methoxy groups -OCH3 is 1. The van der Waals surface area contributed by atoms with Crippen molar-refractivity contribution in [1.29, 1.82) is 0 Å². The van der Waals surface area contributed by atoms with Gasteiger partial charge in [0, 0.05) is 39.1 Å². The van der Waals surface area contributed by atoms with Gasteiger partial charge in [0.1, 0.15) is 6.10 Å². The van der Waals surface area contributed by atoms with Crippen LogP contribution in [0.5, 0.6) is 0 Å². The topological polar surface area (TPSA) is 144 Å². The van der Waals surface area contributed by atoms with Crippen LogP contribution in [-0.4, -0.2) is 61.1 Å². The quantitative estimate of drug-likeness (QED) is 0.380. The summed E-state index contributed by atoms with van der Waals surface area (Å²) in [4.78, 5) is 35.3. The fraction of sp³-hybridized carbons (Fsp3) is 0.526. The summed E-state index contributed by atoms with van der Waals surface area (Å²) >= 11 is 0. The molecule has 2 rings (SSSR count). The molecule has 1 aromatic carbocycles. The maximum Gasteiger partial charge on any atom is 0.303 e. The van der Waals surface area contributed by atoms with Crippen LogP contribution < -0.4 is 5.73 Å². The monoisotopic (exact) mass is 411 g/mol. The first kappa shape index (κ1) is 22.6. The second-order valence-corrected chi connectivity index (χ2v) is 6.51. The highest BCUT2D eigenvalue weighted by atomic mass is 16.7. The average molecular weight is 411 g/mol. The fourth-order valence-electron chi connectivity index (χ4n) is 3.31. The summed E-state index contributed by atoms with van der Waals surface area (Å²) in [5.74, 6) is -3.90. The Kier molecular flexibility index (Phi) is 7.17. The van der Waals surface area contributed by atoms with Gasteiger partial charge in [-0.1, -0.05) is 12.1 Å². The fourth-order valence-corrected chi connectivity index (χ4v) is 3.31. The van der Waals surface area contributed by atoms with Crippen molar-refractivity contribution in [3.63, 3.8) is 0 Å². The predicted molar refractivity (Wildman–Crippen MR) is 98.2 cm³/mol. The Labute approximate surface area is 167 Å². The van der Waals surface area contributed by atoms with Crippen LogP contribution in [0.3, 0.4) is 0 Å². The number of benzene rings is 1. The maximum absolute atomic E-state index is 11.9. The summed E-state index contributed by atoms with van der Waals surface area (Å²) in [7, 11) is 1.30. The maximum atomic E-state index is 11.9. The average Bonchev–Trinajstić information content (AvgIpc) is 2.64. The Bertz CT molecular complexity index is 751. The second-order valence-electron chi connectivity index (χ2n) is 6.51. The first-order valence-electron chi connectivity index (χ1n) is 8.86. The standard InChI is InChI=1S/C19H25NO9/c1-10(22)26-16-15(9-21)29-19(25-4,13-5-7-14(20)8-6-13)18(28-12(3)24)17(16)27-11(2)23/h5-8,15-18,21H,9,20H2,1-4H3/t15-,16-,17+,18-,19-/m1/s1. The van der Waals surface area contributed by atoms with E-state index in [1.807, 2.05) is 0 Å². The zero-order valence-corrected chi connectivity index (χ0v) is 16.6. The molecule has 3 N–H and O–H groups in total. The number of rotatable bonds is 6. The van der Waals surface area contributed by atoms with E-state index in [4.69, 9.17) is 29.4 Å². The van der Waals surface area contributed by atoms with E-state index in [9.17, 15) is 19.5 Å². The molecule has 0 spiro atoms. The molecule has 5 atom stereocenters. The highest BCUT2D eigenvalue weighted by Crippen LogP contribution is 2.43. The minimum Gasteiger partial charge on any atom is -0.456 e. The van der Waals surface area contributed by atoms with Crippen LogP contribution in [0.25, 0.3) is 0 Å². The number of anilines is 1. The lowest BCUT2D eigenvalue weighted by Crippen LogP contribution is -2.67. The van der Waals surface area contributed by atoms with Crippen molar-refractivity contribution in [1.82, 2.24) is 0 Å². The molecule has 10 nitrogen and oxygen atoms in total. The van der Waals surface area contributed by atoms with Gasteiger partial charge in [-0.25, -0.2) is 0 Å². The van der Waals surface area contributed by atoms with Crippen LogP contribution >= 0.6 is 0 Å². The van der Waals surface area contributed by atoms with E-state index < -0.39 is 54.7 Å².